The van der Waals surface area contributed by atoms with Gasteiger partial charge in [-0.1, -0.05) is 37.3 Å². The molecule has 7 heteroatoms. The molecule has 0 aliphatic carbocycles. The lowest BCUT2D eigenvalue weighted by molar-refractivity contribution is -0.121. The van der Waals surface area contributed by atoms with Crippen molar-refractivity contribution >= 4 is 18.2 Å². The third-order valence-corrected chi connectivity index (χ3v) is 3.91. The van der Waals surface area contributed by atoms with E-state index in [1.165, 1.54) is 0 Å². The number of amides is 2. The first-order chi connectivity index (χ1) is 14.1. The average Bonchev–Trinajstić information content (AvgIpc) is 2.73. The number of alkyl carbamates (subject to hydrolysis) is 1. The van der Waals surface area contributed by atoms with Gasteiger partial charge >= 0.3 is 6.09 Å². The number of benzene rings is 2. The van der Waals surface area contributed by atoms with Crippen molar-refractivity contribution in [1.29, 1.82) is 0 Å². The summed E-state index contributed by atoms with van der Waals surface area (Å²) < 4.78 is 10.5. The maximum Gasteiger partial charge on any atom is 0.407 e. The van der Waals surface area contributed by atoms with Crippen LogP contribution in [-0.2, 0) is 9.53 Å². The summed E-state index contributed by atoms with van der Waals surface area (Å²) >= 11 is 0. The van der Waals surface area contributed by atoms with Crippen molar-refractivity contribution in [3.63, 3.8) is 0 Å². The van der Waals surface area contributed by atoms with Crippen molar-refractivity contribution < 1.29 is 19.1 Å². The van der Waals surface area contributed by atoms with Crippen molar-refractivity contribution in [2.75, 3.05) is 13.2 Å². The third-order valence-electron chi connectivity index (χ3n) is 3.91. The Morgan fingerprint density at radius 3 is 2.45 bits per heavy atom. The second-order valence-electron chi connectivity index (χ2n) is 6.24. The van der Waals surface area contributed by atoms with Crippen molar-refractivity contribution in [3.8, 4) is 5.75 Å². The molecule has 0 saturated carbocycles. The van der Waals surface area contributed by atoms with Crippen molar-refractivity contribution in [3.05, 3.63) is 65.7 Å². The van der Waals surface area contributed by atoms with Gasteiger partial charge in [-0.05, 0) is 48.7 Å². The molecule has 2 amide bonds. The average molecular weight is 397 g/mol. The Balaban J connectivity index is 1.91. The van der Waals surface area contributed by atoms with Crippen LogP contribution in [0.25, 0.3) is 0 Å². The van der Waals surface area contributed by atoms with Crippen LogP contribution in [0.15, 0.2) is 59.7 Å². The van der Waals surface area contributed by atoms with E-state index < -0.39 is 12.1 Å². The SMILES string of the molecule is CCCOc1ccc(/C=N\NC(=O)C[C@@H](NC(=O)OCC)c2ccccc2)cc1. The highest BCUT2D eigenvalue weighted by Gasteiger charge is 2.18. The first-order valence-electron chi connectivity index (χ1n) is 9.65. The van der Waals surface area contributed by atoms with Crippen LogP contribution in [0, 0.1) is 0 Å². The molecule has 0 unspecified atom stereocenters. The first-order valence-corrected chi connectivity index (χ1v) is 9.65. The molecule has 0 aromatic heterocycles. The predicted molar refractivity (Wildman–Crippen MR) is 112 cm³/mol. The van der Waals surface area contributed by atoms with Crippen LogP contribution < -0.4 is 15.5 Å². The third kappa shape index (κ3) is 8.04. The number of nitrogens with zero attached hydrogens (tertiary/aromatic N) is 1. The number of carbonyl (C=O) groups excluding carboxylic acids is 2. The van der Waals surface area contributed by atoms with Crippen LogP contribution in [0.1, 0.15) is 43.9 Å². The number of ether oxygens (including phenoxy) is 2. The van der Waals surface area contributed by atoms with Gasteiger partial charge in [0.1, 0.15) is 5.75 Å². The first kappa shape index (κ1) is 21.9. The van der Waals surface area contributed by atoms with Gasteiger partial charge in [0, 0.05) is 0 Å². The monoisotopic (exact) mass is 397 g/mol. The van der Waals surface area contributed by atoms with E-state index in [0.29, 0.717) is 6.61 Å². The molecule has 2 rings (SSSR count). The summed E-state index contributed by atoms with van der Waals surface area (Å²) in [5.74, 6) is 0.471. The largest absolute Gasteiger partial charge is 0.494 e. The van der Waals surface area contributed by atoms with E-state index in [2.05, 4.69) is 15.8 Å². The molecule has 1 atom stereocenters. The summed E-state index contributed by atoms with van der Waals surface area (Å²) in [7, 11) is 0. The molecular formula is C22H27N3O4. The molecule has 2 N–H and O–H groups in total. The van der Waals surface area contributed by atoms with E-state index in [-0.39, 0.29) is 18.9 Å². The topological polar surface area (TPSA) is 89.0 Å². The summed E-state index contributed by atoms with van der Waals surface area (Å²) in [4.78, 5) is 24.1. The van der Waals surface area contributed by atoms with E-state index in [0.717, 1.165) is 23.3 Å². The fourth-order valence-electron chi connectivity index (χ4n) is 2.53. The molecule has 0 aliphatic rings. The molecule has 0 saturated heterocycles. The lowest BCUT2D eigenvalue weighted by Gasteiger charge is -2.18. The number of carbonyl (C=O) groups is 2. The van der Waals surface area contributed by atoms with Crippen LogP contribution in [0.4, 0.5) is 4.79 Å². The lowest BCUT2D eigenvalue weighted by atomic mass is 10.0. The van der Waals surface area contributed by atoms with Crippen LogP contribution in [0.5, 0.6) is 5.75 Å². The lowest BCUT2D eigenvalue weighted by Crippen LogP contribution is -2.33. The van der Waals surface area contributed by atoms with Crippen LogP contribution in [0.2, 0.25) is 0 Å². The molecule has 0 fully saturated rings. The van der Waals surface area contributed by atoms with Crippen molar-refractivity contribution in [1.82, 2.24) is 10.7 Å². The minimum absolute atomic E-state index is 0.0317. The summed E-state index contributed by atoms with van der Waals surface area (Å²) in [6, 6.07) is 16.2. The Labute approximate surface area is 171 Å². The van der Waals surface area contributed by atoms with Gasteiger partial charge in [0.05, 0.1) is 31.9 Å². The molecule has 0 heterocycles. The van der Waals surface area contributed by atoms with Gasteiger partial charge in [-0.15, -0.1) is 0 Å². The molecule has 154 valence electrons. The highest BCUT2D eigenvalue weighted by Crippen LogP contribution is 2.17. The van der Waals surface area contributed by atoms with Crippen molar-refractivity contribution in [2.45, 2.75) is 32.7 Å². The Bertz CT molecular complexity index is 791. The quantitative estimate of drug-likeness (QED) is 0.471. The maximum absolute atomic E-state index is 12.3. The number of hydrogen-bond donors (Lipinski definition) is 2. The van der Waals surface area contributed by atoms with E-state index in [4.69, 9.17) is 9.47 Å². The van der Waals surface area contributed by atoms with E-state index in [1.54, 1.807) is 13.1 Å². The van der Waals surface area contributed by atoms with Gasteiger partial charge < -0.3 is 14.8 Å². The molecule has 7 nitrogen and oxygen atoms in total. The van der Waals surface area contributed by atoms with Gasteiger partial charge in [0.15, 0.2) is 0 Å². The zero-order chi connectivity index (χ0) is 20.9. The number of nitrogens with one attached hydrogen (secondary N) is 2. The molecule has 2 aromatic carbocycles. The summed E-state index contributed by atoms with van der Waals surface area (Å²) in [6.45, 7) is 4.70. The van der Waals surface area contributed by atoms with Crippen LogP contribution in [-0.4, -0.2) is 31.4 Å². The zero-order valence-electron chi connectivity index (χ0n) is 16.8. The van der Waals surface area contributed by atoms with Gasteiger partial charge in [-0.25, -0.2) is 10.2 Å². The van der Waals surface area contributed by atoms with Gasteiger partial charge in [-0.3, -0.25) is 4.79 Å². The van der Waals surface area contributed by atoms with Gasteiger partial charge in [-0.2, -0.15) is 5.10 Å². The fraction of sp³-hybridized carbons (Fsp3) is 0.318. The second-order valence-corrected chi connectivity index (χ2v) is 6.24. The minimum atomic E-state index is -0.567. The predicted octanol–water partition coefficient (Wildman–Crippen LogP) is 3.80. The highest BCUT2D eigenvalue weighted by atomic mass is 16.5. The van der Waals surface area contributed by atoms with E-state index >= 15 is 0 Å². The Morgan fingerprint density at radius 1 is 1.07 bits per heavy atom. The zero-order valence-corrected chi connectivity index (χ0v) is 16.8. The van der Waals surface area contributed by atoms with E-state index in [1.807, 2.05) is 61.5 Å². The van der Waals surface area contributed by atoms with E-state index in [9.17, 15) is 9.59 Å². The standard InChI is InChI=1S/C22H27N3O4/c1-3-14-29-19-12-10-17(11-13-19)16-23-25-21(26)15-20(24-22(27)28-4-2)18-8-6-5-7-9-18/h5-13,16,20H,3-4,14-15H2,1-2H3,(H,24,27)(H,25,26)/b23-16-/t20-/m1/s1. The fourth-order valence-corrected chi connectivity index (χ4v) is 2.53. The number of hydrogen-bond acceptors (Lipinski definition) is 5. The molecule has 29 heavy (non-hydrogen) atoms. The Kier molecular flexibility index (Phi) is 9.21. The Hall–Kier alpha value is -3.35. The molecule has 2 aromatic rings. The molecule has 0 radical (unpaired) electrons. The van der Waals surface area contributed by atoms with Crippen molar-refractivity contribution in [2.24, 2.45) is 5.10 Å². The Morgan fingerprint density at radius 2 is 1.79 bits per heavy atom. The number of rotatable bonds is 10. The van der Waals surface area contributed by atoms with Gasteiger partial charge in [0.25, 0.3) is 0 Å². The molecule has 0 spiro atoms. The normalized spacial score (nSPS) is 11.7. The maximum atomic E-state index is 12.3. The smallest absolute Gasteiger partial charge is 0.407 e. The highest BCUT2D eigenvalue weighted by molar-refractivity contribution is 5.83. The minimum Gasteiger partial charge on any atom is -0.494 e. The summed E-state index contributed by atoms with van der Waals surface area (Å²) in [6.07, 6.45) is 1.97. The number of hydrazone groups is 1. The molecular weight excluding hydrogens is 370 g/mol. The molecule has 0 bridgehead atoms. The van der Waals surface area contributed by atoms with Gasteiger partial charge in [0.2, 0.25) is 5.91 Å². The summed E-state index contributed by atoms with van der Waals surface area (Å²) in [5, 5.41) is 6.69. The van der Waals surface area contributed by atoms with Crippen LogP contribution in [0.3, 0.4) is 0 Å². The second kappa shape index (κ2) is 12.2. The molecule has 0 aliphatic heterocycles. The summed E-state index contributed by atoms with van der Waals surface area (Å²) in [5.41, 5.74) is 4.13. The van der Waals surface area contributed by atoms with Crippen LogP contribution >= 0.6 is 0 Å².